The number of aliphatic hydroxyl groups is 1. The fourth-order valence-electron chi connectivity index (χ4n) is 8.09. The van der Waals surface area contributed by atoms with Crippen molar-refractivity contribution in [3.63, 3.8) is 0 Å². The first-order valence-electron chi connectivity index (χ1n) is 20.0. The molecule has 0 bridgehead atoms. The van der Waals surface area contributed by atoms with E-state index in [0.29, 0.717) is 66.7 Å². The summed E-state index contributed by atoms with van der Waals surface area (Å²) in [5.74, 6) is 0.764. The summed E-state index contributed by atoms with van der Waals surface area (Å²) < 4.78 is 43.3. The van der Waals surface area contributed by atoms with Gasteiger partial charge in [0.15, 0.2) is 9.84 Å². The Morgan fingerprint density at radius 3 is 2.41 bits per heavy atom. The molecule has 2 fully saturated rings. The number of pyridine rings is 1. The highest BCUT2D eigenvalue weighted by Crippen LogP contribution is 2.37. The fraction of sp³-hybridized carbons (Fsp3) is 0.444. The van der Waals surface area contributed by atoms with Gasteiger partial charge in [0, 0.05) is 68.4 Å². The van der Waals surface area contributed by atoms with Crippen LogP contribution in [0.1, 0.15) is 73.3 Å². The van der Waals surface area contributed by atoms with E-state index < -0.39 is 27.4 Å². The van der Waals surface area contributed by atoms with Gasteiger partial charge in [0.2, 0.25) is 0 Å². The number of likely N-dealkylation sites (tertiary alicyclic amines) is 2. The number of carbonyl (C=O) groups is 2. The number of rotatable bonds is 18. The van der Waals surface area contributed by atoms with E-state index in [2.05, 4.69) is 35.9 Å². The number of carboxylic acid groups (broad SMARTS) is 1. The SMILES string of the molecule is CC(=O)CC1(O)CCN(CCCOc2cccc(-c3cccc(COc4cc(OCc5cncc(S(C)(=O)=O)c5)c(CN5CCCC[C@H]5C(=O)O)cc4Cl)c3C)c2C)C1. The number of ether oxygens (including phenoxy) is 3. The maximum atomic E-state index is 12.2. The molecule has 2 aliphatic heterocycles. The minimum Gasteiger partial charge on any atom is -0.493 e. The van der Waals surface area contributed by atoms with E-state index in [1.54, 1.807) is 18.3 Å². The van der Waals surface area contributed by atoms with Crippen molar-refractivity contribution in [2.24, 2.45) is 0 Å². The zero-order valence-electron chi connectivity index (χ0n) is 34.2. The molecule has 3 aromatic carbocycles. The molecule has 12 nitrogen and oxygen atoms in total. The summed E-state index contributed by atoms with van der Waals surface area (Å²) in [7, 11) is -3.48. The van der Waals surface area contributed by atoms with Crippen LogP contribution in [0.25, 0.3) is 11.1 Å². The lowest BCUT2D eigenvalue weighted by atomic mass is 9.93. The van der Waals surface area contributed by atoms with E-state index in [1.165, 1.54) is 19.2 Å². The van der Waals surface area contributed by atoms with Gasteiger partial charge >= 0.3 is 5.97 Å². The Morgan fingerprint density at radius 2 is 1.66 bits per heavy atom. The lowest BCUT2D eigenvalue weighted by Gasteiger charge is -2.33. The summed E-state index contributed by atoms with van der Waals surface area (Å²) in [6.45, 7) is 9.32. The van der Waals surface area contributed by atoms with Crippen molar-refractivity contribution in [2.45, 2.75) is 95.6 Å². The third kappa shape index (κ3) is 11.4. The Labute approximate surface area is 352 Å². The molecule has 0 radical (unpaired) electrons. The number of halogens is 1. The van der Waals surface area contributed by atoms with Crippen LogP contribution >= 0.6 is 11.6 Å². The number of Topliss-reactive ketones (excluding diaryl/α,β-unsaturated/α-hetero) is 1. The quantitative estimate of drug-likeness (QED) is 0.0973. The number of carboxylic acids is 1. The molecule has 1 aromatic heterocycles. The second-order valence-electron chi connectivity index (χ2n) is 15.9. The van der Waals surface area contributed by atoms with Crippen LogP contribution in [0.15, 0.2) is 71.9 Å². The smallest absolute Gasteiger partial charge is 0.320 e. The zero-order valence-corrected chi connectivity index (χ0v) is 35.8. The van der Waals surface area contributed by atoms with E-state index in [-0.39, 0.29) is 30.3 Å². The van der Waals surface area contributed by atoms with Crippen LogP contribution in [-0.4, -0.2) is 95.9 Å². The van der Waals surface area contributed by atoms with Gasteiger partial charge in [-0.3, -0.25) is 19.5 Å². The molecule has 0 saturated carbocycles. The standard InChI is InChI=1S/C45H54ClN3O9S/c1-30(50)23-45(53)15-18-48(29-45)16-9-19-56-41-14-8-12-38(32(41)3)37-11-7-10-34(31(37)2)28-58-43-22-42(57-27-33-20-36(25-47-24-33)59(4,54)55)35(21-39(43)46)26-49-17-6-5-13-40(49)44(51)52/h7-8,10-12,14,20-22,24-25,40,53H,5-6,9,13,15-19,23,26-29H2,1-4H3,(H,51,52)/t40-,45?/m0/s1. The first-order chi connectivity index (χ1) is 28.1. The van der Waals surface area contributed by atoms with Crippen LogP contribution in [0, 0.1) is 13.8 Å². The number of hydrogen-bond donors (Lipinski definition) is 2. The summed E-state index contributed by atoms with van der Waals surface area (Å²) in [6, 6.07) is 16.5. The Morgan fingerprint density at radius 1 is 0.915 bits per heavy atom. The van der Waals surface area contributed by atoms with Crippen molar-refractivity contribution >= 4 is 33.2 Å². The maximum Gasteiger partial charge on any atom is 0.320 e. The maximum absolute atomic E-state index is 12.2. The van der Waals surface area contributed by atoms with Gasteiger partial charge in [0.05, 0.1) is 22.1 Å². The van der Waals surface area contributed by atoms with E-state index >= 15 is 0 Å². The number of nitrogens with zero attached hydrogens (tertiary/aromatic N) is 3. The van der Waals surface area contributed by atoms with E-state index in [1.807, 2.05) is 29.2 Å². The first-order valence-corrected chi connectivity index (χ1v) is 22.3. The fourth-order valence-corrected chi connectivity index (χ4v) is 8.95. The van der Waals surface area contributed by atoms with Crippen molar-refractivity contribution in [1.29, 1.82) is 0 Å². The minimum absolute atomic E-state index is 0.00590. The monoisotopic (exact) mass is 847 g/mol. The van der Waals surface area contributed by atoms with Crippen molar-refractivity contribution < 1.29 is 42.4 Å². The molecular weight excluding hydrogens is 794 g/mol. The Balaban J connectivity index is 1.16. The topological polar surface area (TPSA) is 156 Å². The number of hydrogen-bond acceptors (Lipinski definition) is 11. The molecular formula is C45H54ClN3O9S. The van der Waals surface area contributed by atoms with Gasteiger partial charge in [-0.15, -0.1) is 0 Å². The molecule has 2 N–H and O–H groups in total. The highest BCUT2D eigenvalue weighted by atomic mass is 35.5. The summed E-state index contributed by atoms with van der Waals surface area (Å²) in [6.07, 6.45) is 7.82. The molecule has 14 heteroatoms. The van der Waals surface area contributed by atoms with E-state index in [0.717, 1.165) is 72.2 Å². The van der Waals surface area contributed by atoms with Crippen LogP contribution < -0.4 is 14.2 Å². The molecule has 2 saturated heterocycles. The predicted octanol–water partition coefficient (Wildman–Crippen LogP) is 7.20. The van der Waals surface area contributed by atoms with Crippen molar-refractivity contribution in [3.05, 3.63) is 99.8 Å². The van der Waals surface area contributed by atoms with Gasteiger partial charge < -0.3 is 29.3 Å². The van der Waals surface area contributed by atoms with Gasteiger partial charge in [0.1, 0.15) is 42.3 Å². The molecule has 59 heavy (non-hydrogen) atoms. The van der Waals surface area contributed by atoms with Crippen molar-refractivity contribution in [1.82, 2.24) is 14.8 Å². The van der Waals surface area contributed by atoms with E-state index in [4.69, 9.17) is 25.8 Å². The molecule has 0 spiro atoms. The molecule has 1 unspecified atom stereocenters. The summed E-state index contributed by atoms with van der Waals surface area (Å²) >= 11 is 6.86. The number of carbonyl (C=O) groups excluding carboxylic acids is 1. The first kappa shape index (κ1) is 44.0. The lowest BCUT2D eigenvalue weighted by molar-refractivity contribution is -0.144. The van der Waals surface area contributed by atoms with Gasteiger partial charge in [-0.2, -0.15) is 0 Å². The Hall–Kier alpha value is -4.53. The molecule has 6 rings (SSSR count). The Bertz CT molecular complexity index is 2270. The van der Waals surface area contributed by atoms with Crippen LogP contribution in [0.4, 0.5) is 0 Å². The number of ketones is 1. The summed E-state index contributed by atoms with van der Waals surface area (Å²) in [5.41, 5.74) is 5.40. The average Bonchev–Trinajstić information content (AvgIpc) is 3.56. The molecule has 0 aliphatic carbocycles. The average molecular weight is 848 g/mol. The molecule has 3 heterocycles. The molecule has 316 valence electrons. The molecule has 2 aliphatic rings. The van der Waals surface area contributed by atoms with E-state index in [9.17, 15) is 28.2 Å². The number of benzene rings is 3. The predicted molar refractivity (Wildman–Crippen MR) is 226 cm³/mol. The second kappa shape index (κ2) is 19.2. The lowest BCUT2D eigenvalue weighted by Crippen LogP contribution is -2.44. The highest BCUT2D eigenvalue weighted by molar-refractivity contribution is 7.90. The van der Waals surface area contributed by atoms with Gasteiger partial charge in [0.25, 0.3) is 0 Å². The molecule has 4 aromatic rings. The number of sulfone groups is 1. The second-order valence-corrected chi connectivity index (χ2v) is 18.4. The third-order valence-electron chi connectivity index (χ3n) is 11.2. The van der Waals surface area contributed by atoms with Gasteiger partial charge in [-0.25, -0.2) is 8.42 Å². The van der Waals surface area contributed by atoms with Crippen LogP contribution in [0.5, 0.6) is 17.2 Å². The van der Waals surface area contributed by atoms with Crippen LogP contribution in [0.2, 0.25) is 5.02 Å². The van der Waals surface area contributed by atoms with Crippen molar-refractivity contribution in [2.75, 3.05) is 39.0 Å². The number of aliphatic carboxylic acids is 1. The number of piperidine rings is 1. The largest absolute Gasteiger partial charge is 0.493 e. The summed E-state index contributed by atoms with van der Waals surface area (Å²) in [5, 5.41) is 21.0. The highest BCUT2D eigenvalue weighted by Gasteiger charge is 2.36. The van der Waals surface area contributed by atoms with Gasteiger partial charge in [-0.1, -0.05) is 48.4 Å². The van der Waals surface area contributed by atoms with Gasteiger partial charge in [-0.05, 0) is 99.0 Å². The zero-order chi connectivity index (χ0) is 42.3. The minimum atomic E-state index is -3.48. The molecule has 0 amide bonds. The third-order valence-corrected chi connectivity index (χ3v) is 12.6. The van der Waals surface area contributed by atoms with Crippen LogP contribution in [-0.2, 0) is 39.2 Å². The number of β-amino-alcohol motifs (C(OH)–C–C–N with tert-alkyl or cyclic N) is 1. The normalized spacial score (nSPS) is 18.8. The number of aromatic nitrogens is 1. The van der Waals surface area contributed by atoms with Crippen LogP contribution in [0.3, 0.4) is 0 Å². The van der Waals surface area contributed by atoms with Crippen molar-refractivity contribution in [3.8, 4) is 28.4 Å². The Kier molecular flexibility index (Phi) is 14.4. The summed E-state index contributed by atoms with van der Waals surface area (Å²) in [4.78, 5) is 32.0. The molecule has 2 atom stereocenters.